The van der Waals surface area contributed by atoms with E-state index in [4.69, 9.17) is 4.74 Å². The molecule has 0 amide bonds. The summed E-state index contributed by atoms with van der Waals surface area (Å²) in [5.74, 6) is 0.694. The van der Waals surface area contributed by atoms with Gasteiger partial charge in [0.1, 0.15) is 5.75 Å². The van der Waals surface area contributed by atoms with Crippen molar-refractivity contribution in [1.82, 2.24) is 4.37 Å². The van der Waals surface area contributed by atoms with Gasteiger partial charge < -0.3 is 20.3 Å². The van der Waals surface area contributed by atoms with Crippen molar-refractivity contribution < 1.29 is 14.9 Å². The Hall–Kier alpha value is -2.99. The second-order valence-electron chi connectivity index (χ2n) is 6.06. The minimum Gasteiger partial charge on any atom is -0.506 e. The lowest BCUT2D eigenvalue weighted by Gasteiger charge is -2.12. The highest BCUT2D eigenvalue weighted by atomic mass is 32.1. The summed E-state index contributed by atoms with van der Waals surface area (Å²) in [7, 11) is 1.53. The number of phenols is 2. The first-order valence-electron chi connectivity index (χ1n) is 7.99. The highest BCUT2D eigenvalue weighted by molar-refractivity contribution is 7.04. The van der Waals surface area contributed by atoms with Crippen LogP contribution in [0.3, 0.4) is 0 Å². The van der Waals surface area contributed by atoms with Gasteiger partial charge in [0.2, 0.25) is 0 Å². The molecular weight excluding hydrogens is 348 g/mol. The Labute approximate surface area is 156 Å². The molecule has 0 saturated heterocycles. The number of allylic oxidation sites excluding steroid dienone is 1. The molecule has 0 saturated carbocycles. The molecule has 3 aromatic rings. The first-order valence-corrected chi connectivity index (χ1v) is 8.82. The number of hydrogen-bond donors (Lipinski definition) is 3. The molecule has 0 aliphatic carbocycles. The molecule has 3 N–H and O–H groups in total. The van der Waals surface area contributed by atoms with E-state index in [9.17, 15) is 10.2 Å². The molecule has 0 aliphatic rings. The van der Waals surface area contributed by atoms with Crippen LogP contribution in [0.1, 0.15) is 12.5 Å². The van der Waals surface area contributed by atoms with E-state index in [0.717, 1.165) is 33.6 Å². The van der Waals surface area contributed by atoms with Crippen LogP contribution in [0.5, 0.6) is 17.2 Å². The standard InChI is InChI=1S/C20H20N2O3S/c1-11(2)21-16-8-13(5-6-17(16)23)15-10-26-22-19(15)14-7-12(3)20(25-4)18(24)9-14/h5-10,21,23-24H,1H2,2-4H3. The summed E-state index contributed by atoms with van der Waals surface area (Å²) in [5.41, 5.74) is 5.55. The van der Waals surface area contributed by atoms with Crippen molar-refractivity contribution in [1.29, 1.82) is 0 Å². The number of anilines is 1. The maximum atomic E-state index is 10.2. The Morgan fingerprint density at radius 1 is 1.15 bits per heavy atom. The van der Waals surface area contributed by atoms with Gasteiger partial charge in [0.05, 0.1) is 18.5 Å². The lowest BCUT2D eigenvalue weighted by molar-refractivity contribution is 0.371. The van der Waals surface area contributed by atoms with Crippen LogP contribution in [0, 0.1) is 6.92 Å². The lowest BCUT2D eigenvalue weighted by Crippen LogP contribution is -1.94. The quantitative estimate of drug-likeness (QED) is 0.543. The number of phenolic OH excluding ortho intramolecular Hbond substituents is 2. The van der Waals surface area contributed by atoms with E-state index in [1.165, 1.54) is 18.6 Å². The highest BCUT2D eigenvalue weighted by Gasteiger charge is 2.16. The minimum atomic E-state index is 0.0804. The van der Waals surface area contributed by atoms with Gasteiger partial charge in [-0.2, -0.15) is 4.37 Å². The van der Waals surface area contributed by atoms with Crippen LogP contribution < -0.4 is 10.1 Å². The molecule has 1 heterocycles. The number of aryl methyl sites for hydroxylation is 1. The molecule has 26 heavy (non-hydrogen) atoms. The van der Waals surface area contributed by atoms with Gasteiger partial charge in [-0.15, -0.1) is 0 Å². The molecule has 3 rings (SSSR count). The second kappa shape index (κ2) is 7.09. The normalized spacial score (nSPS) is 10.6. The van der Waals surface area contributed by atoms with Crippen LogP contribution in [-0.4, -0.2) is 21.7 Å². The number of methoxy groups -OCH3 is 1. The van der Waals surface area contributed by atoms with Crippen molar-refractivity contribution in [2.24, 2.45) is 0 Å². The van der Waals surface area contributed by atoms with Gasteiger partial charge in [0.25, 0.3) is 0 Å². The van der Waals surface area contributed by atoms with Gasteiger partial charge >= 0.3 is 0 Å². The zero-order chi connectivity index (χ0) is 18.8. The van der Waals surface area contributed by atoms with Crippen LogP contribution >= 0.6 is 11.5 Å². The Bertz CT molecular complexity index is 956. The van der Waals surface area contributed by atoms with Gasteiger partial charge in [-0.05, 0) is 60.8 Å². The fraction of sp³-hybridized carbons (Fsp3) is 0.150. The summed E-state index contributed by atoms with van der Waals surface area (Å²) >= 11 is 1.34. The maximum absolute atomic E-state index is 10.2. The molecule has 0 atom stereocenters. The van der Waals surface area contributed by atoms with Crippen LogP contribution in [-0.2, 0) is 0 Å². The van der Waals surface area contributed by atoms with E-state index in [-0.39, 0.29) is 11.5 Å². The fourth-order valence-electron chi connectivity index (χ4n) is 2.84. The SMILES string of the molecule is C=C(C)Nc1cc(-c2csnc2-c2cc(C)c(OC)c(O)c2)ccc1O. The third kappa shape index (κ3) is 3.36. The average Bonchev–Trinajstić information content (AvgIpc) is 3.06. The summed E-state index contributed by atoms with van der Waals surface area (Å²) in [5, 5.41) is 25.2. The van der Waals surface area contributed by atoms with Crippen molar-refractivity contribution >= 4 is 17.2 Å². The molecule has 0 bridgehead atoms. The largest absolute Gasteiger partial charge is 0.506 e. The van der Waals surface area contributed by atoms with E-state index in [2.05, 4.69) is 16.3 Å². The van der Waals surface area contributed by atoms with Crippen molar-refractivity contribution in [3.63, 3.8) is 0 Å². The molecule has 0 fully saturated rings. The van der Waals surface area contributed by atoms with Gasteiger partial charge in [-0.1, -0.05) is 12.6 Å². The predicted molar refractivity (Wildman–Crippen MR) is 106 cm³/mol. The number of rotatable bonds is 5. The molecule has 5 nitrogen and oxygen atoms in total. The van der Waals surface area contributed by atoms with E-state index in [1.807, 2.05) is 37.4 Å². The summed E-state index contributed by atoms with van der Waals surface area (Å²) in [6.07, 6.45) is 0. The Balaban J connectivity index is 2.09. The summed E-state index contributed by atoms with van der Waals surface area (Å²) < 4.78 is 9.72. The van der Waals surface area contributed by atoms with E-state index < -0.39 is 0 Å². The smallest absolute Gasteiger partial charge is 0.163 e. The van der Waals surface area contributed by atoms with Crippen LogP contribution in [0.25, 0.3) is 22.4 Å². The van der Waals surface area contributed by atoms with Crippen molar-refractivity contribution in [2.75, 3.05) is 12.4 Å². The third-order valence-electron chi connectivity index (χ3n) is 3.96. The molecular formula is C20H20N2O3S. The first-order chi connectivity index (χ1) is 12.4. The van der Waals surface area contributed by atoms with Crippen LogP contribution in [0.15, 0.2) is 48.0 Å². The number of hydrogen-bond acceptors (Lipinski definition) is 6. The van der Waals surface area contributed by atoms with Gasteiger partial charge in [0, 0.05) is 22.2 Å². The molecule has 2 aromatic carbocycles. The summed E-state index contributed by atoms with van der Waals surface area (Å²) in [6.45, 7) is 7.52. The first kappa shape index (κ1) is 17.8. The fourth-order valence-corrected chi connectivity index (χ4v) is 3.56. The Kier molecular flexibility index (Phi) is 4.86. The number of nitrogens with zero attached hydrogens (tertiary/aromatic N) is 1. The van der Waals surface area contributed by atoms with E-state index >= 15 is 0 Å². The predicted octanol–water partition coefficient (Wildman–Crippen LogP) is 5.15. The van der Waals surface area contributed by atoms with E-state index in [0.29, 0.717) is 11.4 Å². The number of aromatic hydroxyl groups is 2. The molecule has 0 radical (unpaired) electrons. The zero-order valence-electron chi connectivity index (χ0n) is 14.8. The topological polar surface area (TPSA) is 74.6 Å². The minimum absolute atomic E-state index is 0.0804. The molecule has 1 aromatic heterocycles. The van der Waals surface area contributed by atoms with E-state index in [1.54, 1.807) is 12.1 Å². The second-order valence-corrected chi connectivity index (χ2v) is 6.69. The summed E-state index contributed by atoms with van der Waals surface area (Å²) in [4.78, 5) is 0. The van der Waals surface area contributed by atoms with Gasteiger partial charge in [-0.3, -0.25) is 0 Å². The molecule has 0 spiro atoms. The van der Waals surface area contributed by atoms with Gasteiger partial charge in [0.15, 0.2) is 11.5 Å². The van der Waals surface area contributed by atoms with Crippen LogP contribution in [0.4, 0.5) is 5.69 Å². The Morgan fingerprint density at radius 2 is 1.92 bits per heavy atom. The van der Waals surface area contributed by atoms with Crippen LogP contribution in [0.2, 0.25) is 0 Å². The summed E-state index contributed by atoms with van der Waals surface area (Å²) in [6, 6.07) is 8.91. The Morgan fingerprint density at radius 3 is 2.58 bits per heavy atom. The molecule has 6 heteroatoms. The monoisotopic (exact) mass is 368 g/mol. The molecule has 0 unspecified atom stereocenters. The van der Waals surface area contributed by atoms with Crippen molar-refractivity contribution in [2.45, 2.75) is 13.8 Å². The van der Waals surface area contributed by atoms with Crippen molar-refractivity contribution in [3.8, 4) is 39.6 Å². The maximum Gasteiger partial charge on any atom is 0.163 e. The lowest BCUT2D eigenvalue weighted by atomic mass is 9.99. The number of ether oxygens (including phenoxy) is 1. The molecule has 0 aliphatic heterocycles. The average molecular weight is 368 g/mol. The third-order valence-corrected chi connectivity index (χ3v) is 4.59. The highest BCUT2D eigenvalue weighted by Crippen LogP contribution is 2.40. The number of nitrogens with one attached hydrogen (secondary N) is 1. The van der Waals surface area contributed by atoms with Gasteiger partial charge in [-0.25, -0.2) is 0 Å². The number of aromatic nitrogens is 1. The zero-order valence-corrected chi connectivity index (χ0v) is 15.6. The number of benzene rings is 2. The van der Waals surface area contributed by atoms with Crippen molar-refractivity contribution in [3.05, 3.63) is 53.6 Å². The molecule has 134 valence electrons.